The topological polar surface area (TPSA) is 94.2 Å². The summed E-state index contributed by atoms with van der Waals surface area (Å²) in [5.74, 6) is 1.22. The Bertz CT molecular complexity index is 992. The second-order valence-corrected chi connectivity index (χ2v) is 8.54. The van der Waals surface area contributed by atoms with Gasteiger partial charge in [-0.05, 0) is 36.8 Å². The molecule has 0 fully saturated rings. The lowest BCUT2D eigenvalue weighted by Crippen LogP contribution is -2.41. The molecule has 2 aromatic carbocycles. The second kappa shape index (κ2) is 8.60. The summed E-state index contributed by atoms with van der Waals surface area (Å²) in [5.41, 5.74) is 1.13. The first-order valence-electron chi connectivity index (χ1n) is 9.09. The van der Waals surface area contributed by atoms with Crippen molar-refractivity contribution in [2.24, 2.45) is 0 Å². The molecule has 0 bridgehead atoms. The van der Waals surface area contributed by atoms with Gasteiger partial charge in [-0.2, -0.15) is 0 Å². The molecule has 0 saturated carbocycles. The summed E-state index contributed by atoms with van der Waals surface area (Å²) >= 11 is 0. The average Bonchev–Trinajstić information content (AvgIpc) is 2.70. The summed E-state index contributed by atoms with van der Waals surface area (Å²) in [6.07, 6.45) is 1.05. The minimum Gasteiger partial charge on any atom is -0.495 e. The molecule has 1 atom stereocenters. The van der Waals surface area contributed by atoms with Crippen LogP contribution in [0.5, 0.6) is 17.2 Å². The fourth-order valence-electron chi connectivity index (χ4n) is 3.05. The Morgan fingerprint density at radius 2 is 1.86 bits per heavy atom. The van der Waals surface area contributed by atoms with Gasteiger partial charge in [0.1, 0.15) is 25.5 Å². The van der Waals surface area contributed by atoms with Crippen LogP contribution in [0.1, 0.15) is 18.5 Å². The first kappa shape index (κ1) is 20.8. The number of rotatable bonds is 7. The maximum Gasteiger partial charge on any atom is 0.241 e. The first-order chi connectivity index (χ1) is 13.8. The smallest absolute Gasteiger partial charge is 0.241 e. The van der Waals surface area contributed by atoms with E-state index in [2.05, 4.69) is 5.32 Å². The molecule has 1 unspecified atom stereocenters. The van der Waals surface area contributed by atoms with Crippen molar-refractivity contribution in [1.82, 2.24) is 5.32 Å². The number of sulfonamides is 1. The molecule has 0 aromatic heterocycles. The van der Waals surface area contributed by atoms with Crippen LogP contribution < -0.4 is 23.8 Å². The molecule has 0 aliphatic carbocycles. The van der Waals surface area contributed by atoms with E-state index in [0.717, 1.165) is 16.1 Å². The van der Waals surface area contributed by atoms with Crippen molar-refractivity contribution in [3.05, 3.63) is 48.0 Å². The number of para-hydroxylation sites is 2. The van der Waals surface area contributed by atoms with Crippen LogP contribution >= 0.6 is 0 Å². The third kappa shape index (κ3) is 4.92. The molecule has 0 radical (unpaired) electrons. The molecule has 1 amide bonds. The van der Waals surface area contributed by atoms with Crippen LogP contribution in [0.3, 0.4) is 0 Å². The Balaban J connectivity index is 1.75. The van der Waals surface area contributed by atoms with Gasteiger partial charge in [0.15, 0.2) is 11.5 Å². The number of hydrogen-bond donors (Lipinski definition) is 1. The fourth-order valence-corrected chi connectivity index (χ4v) is 3.91. The zero-order valence-corrected chi connectivity index (χ0v) is 17.4. The maximum absolute atomic E-state index is 12.6. The molecule has 3 rings (SSSR count). The van der Waals surface area contributed by atoms with Crippen LogP contribution in [-0.2, 0) is 14.8 Å². The molecule has 2 aromatic rings. The van der Waals surface area contributed by atoms with Gasteiger partial charge in [-0.3, -0.25) is 9.10 Å². The van der Waals surface area contributed by atoms with Crippen LogP contribution in [0.15, 0.2) is 42.5 Å². The number of hydrogen-bond acceptors (Lipinski definition) is 6. The van der Waals surface area contributed by atoms with Gasteiger partial charge in [0.05, 0.1) is 25.1 Å². The van der Waals surface area contributed by atoms with Gasteiger partial charge < -0.3 is 19.5 Å². The van der Waals surface area contributed by atoms with Crippen LogP contribution in [0, 0.1) is 0 Å². The normalized spacial score (nSPS) is 14.0. The van der Waals surface area contributed by atoms with Crippen molar-refractivity contribution >= 4 is 21.6 Å². The number of carbonyl (C=O) groups is 1. The summed E-state index contributed by atoms with van der Waals surface area (Å²) < 4.78 is 42.0. The predicted octanol–water partition coefficient (Wildman–Crippen LogP) is 2.11. The van der Waals surface area contributed by atoms with Gasteiger partial charge >= 0.3 is 0 Å². The molecule has 0 saturated heterocycles. The van der Waals surface area contributed by atoms with E-state index in [1.807, 2.05) is 19.1 Å². The molecule has 1 heterocycles. The predicted molar refractivity (Wildman–Crippen MR) is 109 cm³/mol. The lowest BCUT2D eigenvalue weighted by atomic mass is 10.1. The molecule has 1 aliphatic heterocycles. The number of ether oxygens (including phenoxy) is 3. The Morgan fingerprint density at radius 1 is 1.17 bits per heavy atom. The highest BCUT2D eigenvalue weighted by Crippen LogP contribution is 2.33. The number of anilines is 1. The van der Waals surface area contributed by atoms with Crippen molar-refractivity contribution in [2.75, 3.05) is 37.4 Å². The summed E-state index contributed by atoms with van der Waals surface area (Å²) in [6, 6.07) is 11.8. The highest BCUT2D eigenvalue weighted by molar-refractivity contribution is 7.92. The van der Waals surface area contributed by atoms with Crippen molar-refractivity contribution in [3.8, 4) is 17.2 Å². The average molecular weight is 420 g/mol. The SMILES string of the molecule is COc1ccccc1N(CC(=O)NC(C)c1ccc2c(c1)OCCO2)S(C)(=O)=O. The van der Waals surface area contributed by atoms with Gasteiger partial charge in [-0.25, -0.2) is 8.42 Å². The van der Waals surface area contributed by atoms with Crippen LogP contribution in [0.4, 0.5) is 5.69 Å². The fraction of sp³-hybridized carbons (Fsp3) is 0.350. The Morgan fingerprint density at radius 3 is 2.55 bits per heavy atom. The van der Waals surface area contributed by atoms with Crippen molar-refractivity contribution < 1.29 is 27.4 Å². The van der Waals surface area contributed by atoms with E-state index in [-0.39, 0.29) is 12.6 Å². The monoisotopic (exact) mass is 420 g/mol. The zero-order chi connectivity index (χ0) is 21.0. The number of carbonyl (C=O) groups excluding carboxylic acids is 1. The highest BCUT2D eigenvalue weighted by Gasteiger charge is 2.25. The zero-order valence-electron chi connectivity index (χ0n) is 16.5. The van der Waals surface area contributed by atoms with E-state index in [9.17, 15) is 13.2 Å². The van der Waals surface area contributed by atoms with Gasteiger partial charge in [-0.15, -0.1) is 0 Å². The molecule has 9 heteroatoms. The molecule has 29 heavy (non-hydrogen) atoms. The van der Waals surface area contributed by atoms with Crippen LogP contribution in [-0.4, -0.2) is 47.4 Å². The minimum absolute atomic E-state index is 0.305. The lowest BCUT2D eigenvalue weighted by molar-refractivity contribution is -0.120. The lowest BCUT2D eigenvalue weighted by Gasteiger charge is -2.25. The molecule has 156 valence electrons. The summed E-state index contributed by atoms with van der Waals surface area (Å²) in [5, 5.41) is 2.83. The molecular weight excluding hydrogens is 396 g/mol. The highest BCUT2D eigenvalue weighted by atomic mass is 32.2. The van der Waals surface area contributed by atoms with Gasteiger partial charge in [0.25, 0.3) is 0 Å². The van der Waals surface area contributed by atoms with Crippen LogP contribution in [0.2, 0.25) is 0 Å². The Hall–Kier alpha value is -2.94. The van der Waals surface area contributed by atoms with E-state index < -0.39 is 15.9 Å². The van der Waals surface area contributed by atoms with Crippen molar-refractivity contribution in [1.29, 1.82) is 0 Å². The van der Waals surface area contributed by atoms with E-state index >= 15 is 0 Å². The molecule has 8 nitrogen and oxygen atoms in total. The maximum atomic E-state index is 12.6. The summed E-state index contributed by atoms with van der Waals surface area (Å²) in [4.78, 5) is 12.6. The van der Waals surface area contributed by atoms with Crippen LogP contribution in [0.25, 0.3) is 0 Å². The third-order valence-corrected chi connectivity index (χ3v) is 5.61. The molecular formula is C20H24N2O6S. The number of methoxy groups -OCH3 is 1. The molecule has 1 aliphatic rings. The molecule has 1 N–H and O–H groups in total. The molecule has 0 spiro atoms. The number of benzene rings is 2. The largest absolute Gasteiger partial charge is 0.495 e. The quantitative estimate of drug-likeness (QED) is 0.737. The van der Waals surface area contributed by atoms with E-state index in [1.165, 1.54) is 7.11 Å². The first-order valence-corrected chi connectivity index (χ1v) is 10.9. The van der Waals surface area contributed by atoms with Crippen molar-refractivity contribution in [3.63, 3.8) is 0 Å². The summed E-state index contributed by atoms with van der Waals surface area (Å²) in [6.45, 7) is 2.42. The van der Waals surface area contributed by atoms with E-state index in [0.29, 0.717) is 36.1 Å². The number of fused-ring (bicyclic) bond motifs is 1. The number of amides is 1. The van der Waals surface area contributed by atoms with Gasteiger partial charge in [-0.1, -0.05) is 18.2 Å². The van der Waals surface area contributed by atoms with Crippen molar-refractivity contribution in [2.45, 2.75) is 13.0 Å². The summed E-state index contributed by atoms with van der Waals surface area (Å²) in [7, 11) is -2.25. The standard InChI is InChI=1S/C20H24N2O6S/c1-14(15-8-9-18-19(12-15)28-11-10-27-18)21-20(23)13-22(29(3,24)25)16-6-4-5-7-17(16)26-2/h4-9,12,14H,10-11,13H2,1-3H3,(H,21,23). The van der Waals surface area contributed by atoms with E-state index in [1.54, 1.807) is 30.3 Å². The van der Waals surface area contributed by atoms with E-state index in [4.69, 9.17) is 14.2 Å². The van der Waals surface area contributed by atoms with Gasteiger partial charge in [0, 0.05) is 0 Å². The minimum atomic E-state index is -3.70. The third-order valence-electron chi connectivity index (χ3n) is 4.49. The Labute approximate surface area is 170 Å². The number of nitrogens with one attached hydrogen (secondary N) is 1. The number of nitrogens with zero attached hydrogens (tertiary/aromatic N) is 1. The van der Waals surface area contributed by atoms with Gasteiger partial charge in [0.2, 0.25) is 15.9 Å². The second-order valence-electron chi connectivity index (χ2n) is 6.63. The Kier molecular flexibility index (Phi) is 6.17.